The van der Waals surface area contributed by atoms with Crippen molar-refractivity contribution < 1.29 is 48.0 Å². The fourth-order valence-electron chi connectivity index (χ4n) is 6.33. The van der Waals surface area contributed by atoms with Crippen LogP contribution in [0.3, 0.4) is 0 Å². The third-order valence-corrected chi connectivity index (χ3v) is 8.68. The number of nitrogens with zero attached hydrogens (tertiary/aromatic N) is 2. The molecular formula is C36H36N4O11. The van der Waals surface area contributed by atoms with E-state index in [0.717, 1.165) is 10.9 Å². The van der Waals surface area contributed by atoms with Gasteiger partial charge in [0, 0.05) is 42.0 Å². The van der Waals surface area contributed by atoms with Gasteiger partial charge in [0.2, 0.25) is 5.75 Å². The van der Waals surface area contributed by atoms with Gasteiger partial charge in [-0.25, -0.2) is 4.79 Å². The summed E-state index contributed by atoms with van der Waals surface area (Å²) in [4.78, 5) is 43.0. The van der Waals surface area contributed by atoms with Crippen molar-refractivity contribution in [3.05, 3.63) is 87.6 Å². The number of benzene rings is 4. The molecule has 0 saturated carbocycles. The van der Waals surface area contributed by atoms with Crippen LogP contribution in [-0.2, 0) is 16.1 Å². The molecule has 0 spiro atoms. The third kappa shape index (κ3) is 6.63. The van der Waals surface area contributed by atoms with E-state index in [0.29, 0.717) is 50.5 Å². The van der Waals surface area contributed by atoms with Gasteiger partial charge in [-0.1, -0.05) is 24.3 Å². The number of amides is 2. The summed E-state index contributed by atoms with van der Waals surface area (Å²) in [6.45, 7) is 0.119. The van der Waals surface area contributed by atoms with Crippen LogP contribution in [0.1, 0.15) is 27.5 Å². The quantitative estimate of drug-likeness (QED) is 0.0770. The highest BCUT2D eigenvalue weighted by Gasteiger charge is 2.36. The summed E-state index contributed by atoms with van der Waals surface area (Å²) in [5, 5.41) is 26.6. The molecule has 266 valence electrons. The second-order valence-electron chi connectivity index (χ2n) is 11.6. The topological polar surface area (TPSA) is 184 Å². The fourth-order valence-corrected chi connectivity index (χ4v) is 6.33. The van der Waals surface area contributed by atoms with E-state index in [9.17, 15) is 24.8 Å². The molecule has 0 fully saturated rings. The highest BCUT2D eigenvalue weighted by atomic mass is 16.6. The Morgan fingerprint density at radius 1 is 0.961 bits per heavy atom. The molecule has 15 nitrogen and oxygen atoms in total. The Morgan fingerprint density at radius 2 is 1.73 bits per heavy atom. The molecule has 4 aromatic carbocycles. The van der Waals surface area contributed by atoms with Crippen LogP contribution in [0.2, 0.25) is 0 Å². The Hall–Kier alpha value is -6.06. The van der Waals surface area contributed by atoms with E-state index in [2.05, 4.69) is 10.3 Å². The average molecular weight is 701 g/mol. The minimum Gasteiger partial charge on any atom is -0.493 e. The van der Waals surface area contributed by atoms with Gasteiger partial charge in [0.1, 0.15) is 24.7 Å². The van der Waals surface area contributed by atoms with Crippen LogP contribution >= 0.6 is 0 Å². The van der Waals surface area contributed by atoms with Crippen molar-refractivity contribution in [3.63, 3.8) is 0 Å². The van der Waals surface area contributed by atoms with Crippen molar-refractivity contribution in [1.29, 1.82) is 0 Å². The second kappa shape index (κ2) is 14.8. The maximum atomic E-state index is 14.2. The molecule has 1 unspecified atom stereocenters. The number of fused-ring (bicyclic) bond motifs is 4. The van der Waals surface area contributed by atoms with Gasteiger partial charge in [-0.15, -0.1) is 0 Å². The summed E-state index contributed by atoms with van der Waals surface area (Å²) in [5.74, 6) is 0.605. The molecular weight excluding hydrogens is 664 g/mol. The number of aromatic amines is 1. The van der Waals surface area contributed by atoms with E-state index in [1.54, 1.807) is 23.1 Å². The zero-order valence-electron chi connectivity index (χ0n) is 28.3. The minimum atomic E-state index is -0.804. The van der Waals surface area contributed by atoms with Crippen LogP contribution in [0.15, 0.2) is 60.7 Å². The summed E-state index contributed by atoms with van der Waals surface area (Å²) < 4.78 is 32.8. The van der Waals surface area contributed by atoms with E-state index in [4.69, 9.17) is 28.4 Å². The van der Waals surface area contributed by atoms with E-state index in [1.807, 2.05) is 24.3 Å². The number of anilines is 2. The molecule has 5 aromatic rings. The molecule has 2 heterocycles. The number of nitro groups is 1. The lowest BCUT2D eigenvalue weighted by Crippen LogP contribution is -2.30. The van der Waals surface area contributed by atoms with Crippen molar-refractivity contribution in [2.75, 3.05) is 65.0 Å². The Kier molecular flexibility index (Phi) is 10.1. The third-order valence-electron chi connectivity index (χ3n) is 8.68. The predicted octanol–water partition coefficient (Wildman–Crippen LogP) is 5.77. The number of non-ortho nitro benzene ring substituents is 1. The van der Waals surface area contributed by atoms with Gasteiger partial charge in [0.15, 0.2) is 11.5 Å². The number of hydrogen-bond donors (Lipinski definition) is 3. The standard InChI is InChI=1S/C36H36N4O11/c1-46-11-12-50-29-15-23(40(44)45)10-9-20(29)19-51-36(43)38-26-16-28-31(25-8-6-5-7-24(25)26)22(18-41)17-39(28)35(42)27-13-21-14-30(47-2)33(48-3)34(49-4)32(21)37-27/h5-10,13-16,22,37,41H,11-12,17-19H2,1-4H3,(H,38,43). The summed E-state index contributed by atoms with van der Waals surface area (Å²) in [6.07, 6.45) is -0.804. The van der Waals surface area contributed by atoms with Crippen LogP contribution < -0.4 is 29.2 Å². The van der Waals surface area contributed by atoms with Gasteiger partial charge in [-0.05, 0) is 35.2 Å². The fraction of sp³-hybridized carbons (Fsp3) is 0.278. The number of aliphatic hydroxyl groups excluding tert-OH is 1. The van der Waals surface area contributed by atoms with E-state index >= 15 is 0 Å². The Balaban J connectivity index is 1.31. The zero-order valence-corrected chi connectivity index (χ0v) is 28.3. The number of nitrogens with one attached hydrogen (secondary N) is 2. The molecule has 0 aliphatic carbocycles. The number of rotatable bonds is 13. The van der Waals surface area contributed by atoms with Crippen LogP contribution in [-0.4, -0.2) is 81.8 Å². The molecule has 3 N–H and O–H groups in total. The van der Waals surface area contributed by atoms with Gasteiger partial charge >= 0.3 is 6.09 Å². The number of aromatic nitrogens is 1. The number of nitro benzene ring substituents is 1. The van der Waals surface area contributed by atoms with Crippen molar-refractivity contribution in [3.8, 4) is 23.0 Å². The predicted molar refractivity (Wildman–Crippen MR) is 188 cm³/mol. The first-order valence-electron chi connectivity index (χ1n) is 15.9. The van der Waals surface area contributed by atoms with Crippen molar-refractivity contribution in [2.24, 2.45) is 0 Å². The first-order chi connectivity index (χ1) is 24.7. The van der Waals surface area contributed by atoms with Crippen LogP contribution in [0.4, 0.5) is 21.9 Å². The van der Waals surface area contributed by atoms with E-state index in [-0.39, 0.29) is 56.0 Å². The smallest absolute Gasteiger partial charge is 0.411 e. The van der Waals surface area contributed by atoms with Gasteiger partial charge < -0.3 is 43.4 Å². The number of aliphatic hydroxyl groups is 1. The molecule has 0 bridgehead atoms. The molecule has 15 heteroatoms. The highest BCUT2D eigenvalue weighted by Crippen LogP contribution is 2.46. The molecule has 0 radical (unpaired) electrons. The maximum absolute atomic E-state index is 14.2. The SMILES string of the molecule is COCCOc1cc([N+](=O)[O-])ccc1COC(=O)Nc1cc2c(c3ccccc13)C(CO)CN2C(=O)c1cc2cc(OC)c(OC)c(OC)c2[nH]1. The molecule has 6 rings (SSSR count). The van der Waals surface area contributed by atoms with Gasteiger partial charge in [-0.2, -0.15) is 0 Å². The number of carbonyl (C=O) groups is 2. The molecule has 0 saturated heterocycles. The summed E-state index contributed by atoms with van der Waals surface area (Å²) in [7, 11) is 6.00. The summed E-state index contributed by atoms with van der Waals surface area (Å²) in [5.41, 5.74) is 2.69. The summed E-state index contributed by atoms with van der Waals surface area (Å²) >= 11 is 0. The number of carbonyl (C=O) groups excluding carboxylic acids is 2. The lowest BCUT2D eigenvalue weighted by atomic mass is 9.94. The molecule has 1 aromatic heterocycles. The number of hydrogen-bond acceptors (Lipinski definition) is 11. The molecule has 1 aliphatic rings. The number of ether oxygens (including phenoxy) is 6. The number of H-pyrrole nitrogens is 1. The van der Waals surface area contributed by atoms with Crippen molar-refractivity contribution in [2.45, 2.75) is 12.5 Å². The maximum Gasteiger partial charge on any atom is 0.411 e. The molecule has 51 heavy (non-hydrogen) atoms. The normalized spacial score (nSPS) is 13.6. The van der Waals surface area contributed by atoms with Gasteiger partial charge in [0.05, 0.1) is 62.4 Å². The highest BCUT2D eigenvalue weighted by molar-refractivity contribution is 6.13. The lowest BCUT2D eigenvalue weighted by molar-refractivity contribution is -0.385. The second-order valence-corrected chi connectivity index (χ2v) is 11.6. The van der Waals surface area contributed by atoms with Crippen molar-refractivity contribution in [1.82, 2.24) is 4.98 Å². The zero-order chi connectivity index (χ0) is 36.2. The molecule has 1 aliphatic heterocycles. The molecule has 2 amide bonds. The van der Waals surface area contributed by atoms with E-state index < -0.39 is 16.9 Å². The van der Waals surface area contributed by atoms with Crippen LogP contribution in [0.5, 0.6) is 23.0 Å². The van der Waals surface area contributed by atoms with Gasteiger partial charge in [0.25, 0.3) is 11.6 Å². The van der Waals surface area contributed by atoms with E-state index in [1.165, 1.54) is 46.6 Å². The average Bonchev–Trinajstić information content (AvgIpc) is 3.75. The molecule has 1 atom stereocenters. The first kappa shape index (κ1) is 34.8. The lowest BCUT2D eigenvalue weighted by Gasteiger charge is -2.19. The van der Waals surface area contributed by atoms with Crippen LogP contribution in [0, 0.1) is 10.1 Å². The van der Waals surface area contributed by atoms with Crippen LogP contribution in [0.25, 0.3) is 21.7 Å². The van der Waals surface area contributed by atoms with Crippen molar-refractivity contribution >= 4 is 50.7 Å². The number of methoxy groups -OCH3 is 4. The Bertz CT molecular complexity index is 2130. The first-order valence-corrected chi connectivity index (χ1v) is 15.9. The Labute approximate surface area is 291 Å². The summed E-state index contributed by atoms with van der Waals surface area (Å²) in [6, 6.07) is 16.5. The largest absolute Gasteiger partial charge is 0.493 e. The monoisotopic (exact) mass is 700 g/mol. The minimum absolute atomic E-state index is 0.135. The Morgan fingerprint density at radius 3 is 2.41 bits per heavy atom. The van der Waals surface area contributed by atoms with Gasteiger partial charge in [-0.3, -0.25) is 20.2 Å².